The summed E-state index contributed by atoms with van der Waals surface area (Å²) in [6.07, 6.45) is -0.146. The molecule has 2 unspecified atom stereocenters. The Kier molecular flexibility index (Phi) is 14.7. The average Bonchev–Trinajstić information content (AvgIpc) is 3.57. The summed E-state index contributed by atoms with van der Waals surface area (Å²) >= 11 is 2.94. The summed E-state index contributed by atoms with van der Waals surface area (Å²) in [6.45, 7) is 23.5. The van der Waals surface area contributed by atoms with E-state index in [4.69, 9.17) is 19.3 Å². The van der Waals surface area contributed by atoms with Crippen LogP contribution in [0.5, 0.6) is 11.5 Å². The highest BCUT2D eigenvalue weighted by Gasteiger charge is 2.38. The fraction of sp³-hybridized carbons (Fsp3) is 0.550. The molecule has 2 aromatic heterocycles. The number of fused-ring (bicyclic) bond motifs is 2. The van der Waals surface area contributed by atoms with Crippen molar-refractivity contribution in [2.75, 3.05) is 27.4 Å². The fourth-order valence-corrected chi connectivity index (χ4v) is 7.90. The standard InChI is InChI=1S/C20H28O4S.C11H10O2S.C9H20O2/c1-12-14-10-13(23-7)8-9-15(14)25-16(12)17(21)24-11-20(5,6)18(22)19(2,3)4;1-7-9-5-8(13-2)3-4-10(9)14-11(7)6-12;1-8(2,3)7(11)9(4,5)6-10/h8-10,18,22H,11H2,1-7H3;3-6H,1-2H3;7,10-11H,6H2,1-5H3. The molecule has 8 nitrogen and oxygen atoms in total. The van der Waals surface area contributed by atoms with E-state index in [1.807, 2.05) is 119 Å². The molecule has 2 heterocycles. The van der Waals surface area contributed by atoms with Gasteiger partial charge in [0.2, 0.25) is 0 Å². The minimum Gasteiger partial charge on any atom is -0.497 e. The van der Waals surface area contributed by atoms with E-state index in [0.29, 0.717) is 4.88 Å². The molecule has 0 amide bonds. The van der Waals surface area contributed by atoms with Gasteiger partial charge < -0.3 is 29.5 Å². The van der Waals surface area contributed by atoms with Crippen LogP contribution in [0, 0.1) is 35.5 Å². The van der Waals surface area contributed by atoms with Crippen molar-refractivity contribution in [2.45, 2.75) is 95.3 Å². The van der Waals surface area contributed by atoms with Gasteiger partial charge in [0.05, 0.1) is 44.5 Å². The maximum atomic E-state index is 12.6. The van der Waals surface area contributed by atoms with Gasteiger partial charge in [-0.1, -0.05) is 69.2 Å². The van der Waals surface area contributed by atoms with Crippen LogP contribution in [-0.4, -0.2) is 67.2 Å². The van der Waals surface area contributed by atoms with E-state index in [9.17, 15) is 19.8 Å². The molecule has 2 aromatic carbocycles. The summed E-state index contributed by atoms with van der Waals surface area (Å²) in [5.41, 5.74) is 0.573. The Morgan fingerprint density at radius 1 is 0.740 bits per heavy atom. The van der Waals surface area contributed by atoms with E-state index >= 15 is 0 Å². The SMILES string of the molecule is CC(C)(C)C(O)C(C)(C)CO.COc1ccc2sc(C(=O)OCC(C)(C)C(O)C(C)(C)C)c(C)c2c1.COc1ccc2sc(C=O)c(C)c2c1. The van der Waals surface area contributed by atoms with E-state index < -0.39 is 23.0 Å². The summed E-state index contributed by atoms with van der Waals surface area (Å²) < 4.78 is 18.1. The van der Waals surface area contributed by atoms with E-state index in [1.54, 1.807) is 14.2 Å². The van der Waals surface area contributed by atoms with Crippen LogP contribution in [0.25, 0.3) is 20.2 Å². The van der Waals surface area contributed by atoms with Crippen molar-refractivity contribution in [3.05, 3.63) is 57.3 Å². The van der Waals surface area contributed by atoms with Gasteiger partial charge in [-0.2, -0.15) is 0 Å². The number of carbonyl (C=O) groups is 2. The molecule has 0 aliphatic heterocycles. The Morgan fingerprint density at radius 3 is 1.58 bits per heavy atom. The molecule has 0 bridgehead atoms. The summed E-state index contributed by atoms with van der Waals surface area (Å²) in [6, 6.07) is 11.6. The Hall–Kier alpha value is -3.02. The first kappa shape index (κ1) is 43.1. The van der Waals surface area contributed by atoms with Gasteiger partial charge in [0.1, 0.15) is 16.4 Å². The number of rotatable bonds is 9. The molecule has 0 aliphatic carbocycles. The minimum atomic E-state index is -0.583. The molecule has 4 aromatic rings. The number of aliphatic hydroxyl groups is 3. The highest BCUT2D eigenvalue weighted by Crippen LogP contribution is 2.37. The lowest BCUT2D eigenvalue weighted by molar-refractivity contribution is -0.0632. The van der Waals surface area contributed by atoms with Crippen LogP contribution in [0.2, 0.25) is 0 Å². The second kappa shape index (κ2) is 17.0. The lowest BCUT2D eigenvalue weighted by Crippen LogP contribution is -2.43. The minimum absolute atomic E-state index is 0.0193. The number of esters is 1. The third-order valence-corrected chi connectivity index (χ3v) is 11.2. The lowest BCUT2D eigenvalue weighted by Gasteiger charge is -2.38. The zero-order chi connectivity index (χ0) is 38.4. The number of aldehydes is 1. The van der Waals surface area contributed by atoms with Gasteiger partial charge in [-0.3, -0.25) is 4.79 Å². The molecular weight excluding hydrogens is 673 g/mol. The van der Waals surface area contributed by atoms with Crippen LogP contribution < -0.4 is 9.47 Å². The largest absolute Gasteiger partial charge is 0.497 e. The summed E-state index contributed by atoms with van der Waals surface area (Å²) in [7, 11) is 3.27. The summed E-state index contributed by atoms with van der Waals surface area (Å²) in [5, 5.41) is 31.4. The molecule has 0 fully saturated rings. The number of hydrogen-bond donors (Lipinski definition) is 3. The predicted molar refractivity (Wildman–Crippen MR) is 207 cm³/mol. The normalized spacial score (nSPS) is 13.5. The number of methoxy groups -OCH3 is 2. The molecule has 0 saturated carbocycles. The van der Waals surface area contributed by atoms with Gasteiger partial charge in [0, 0.05) is 20.2 Å². The number of aliphatic hydroxyl groups excluding tert-OH is 3. The van der Waals surface area contributed by atoms with Crippen LogP contribution in [0.3, 0.4) is 0 Å². The van der Waals surface area contributed by atoms with Gasteiger partial charge in [0.15, 0.2) is 6.29 Å². The Morgan fingerprint density at radius 2 is 1.18 bits per heavy atom. The van der Waals surface area contributed by atoms with Gasteiger partial charge >= 0.3 is 5.97 Å². The van der Waals surface area contributed by atoms with Crippen molar-refractivity contribution in [3.8, 4) is 11.5 Å². The zero-order valence-electron chi connectivity index (χ0n) is 32.3. The lowest BCUT2D eigenvalue weighted by atomic mass is 9.73. The van der Waals surface area contributed by atoms with Crippen LogP contribution in [0.15, 0.2) is 36.4 Å². The third kappa shape index (κ3) is 10.7. The molecule has 3 N–H and O–H groups in total. The number of carbonyl (C=O) groups excluding carboxylic acids is 2. The fourth-order valence-electron chi connectivity index (χ4n) is 5.81. The monoisotopic (exact) mass is 730 g/mol. The molecule has 2 atom stereocenters. The van der Waals surface area contributed by atoms with Gasteiger partial charge in [-0.25, -0.2) is 4.79 Å². The van der Waals surface area contributed by atoms with Crippen LogP contribution >= 0.6 is 22.7 Å². The van der Waals surface area contributed by atoms with Crippen LogP contribution in [0.4, 0.5) is 0 Å². The van der Waals surface area contributed by atoms with Crippen LogP contribution in [-0.2, 0) is 4.74 Å². The van der Waals surface area contributed by atoms with E-state index in [2.05, 4.69) is 0 Å². The summed E-state index contributed by atoms with van der Waals surface area (Å²) in [5.74, 6) is 1.26. The first-order chi connectivity index (χ1) is 22.9. The van der Waals surface area contributed by atoms with Crippen molar-refractivity contribution in [2.24, 2.45) is 21.7 Å². The first-order valence-corrected chi connectivity index (χ1v) is 18.3. The maximum Gasteiger partial charge on any atom is 0.348 e. The van der Waals surface area contributed by atoms with Gasteiger partial charge in [0.25, 0.3) is 0 Å². The van der Waals surface area contributed by atoms with Crippen molar-refractivity contribution < 1.29 is 39.1 Å². The van der Waals surface area contributed by atoms with E-state index in [-0.39, 0.29) is 30.0 Å². The third-order valence-electron chi connectivity index (χ3n) is 8.72. The molecule has 4 rings (SSSR count). The molecule has 0 aliphatic rings. The molecular formula is C40H58O8S2. The predicted octanol–water partition coefficient (Wildman–Crippen LogP) is 9.25. The second-order valence-electron chi connectivity index (χ2n) is 16.2. The number of benzene rings is 2. The van der Waals surface area contributed by atoms with Gasteiger partial charge in [-0.05, 0) is 83.0 Å². The number of thiophene rings is 2. The average molecular weight is 731 g/mol. The Labute approximate surface area is 306 Å². The maximum absolute atomic E-state index is 12.6. The molecule has 0 saturated heterocycles. The van der Waals surface area contributed by atoms with E-state index in [0.717, 1.165) is 54.0 Å². The van der Waals surface area contributed by atoms with Gasteiger partial charge in [-0.15, -0.1) is 22.7 Å². The molecule has 10 heteroatoms. The highest BCUT2D eigenvalue weighted by molar-refractivity contribution is 7.21. The molecule has 50 heavy (non-hydrogen) atoms. The Balaban J connectivity index is 0.000000291. The number of aryl methyl sites for hydroxylation is 2. The van der Waals surface area contributed by atoms with Crippen molar-refractivity contribution in [3.63, 3.8) is 0 Å². The topological polar surface area (TPSA) is 123 Å². The first-order valence-electron chi connectivity index (χ1n) is 16.7. The van der Waals surface area contributed by atoms with E-state index in [1.165, 1.54) is 22.7 Å². The van der Waals surface area contributed by atoms with Crippen LogP contribution in [0.1, 0.15) is 99.7 Å². The number of hydrogen-bond acceptors (Lipinski definition) is 10. The highest BCUT2D eigenvalue weighted by atomic mass is 32.1. The van der Waals surface area contributed by atoms with Crippen molar-refractivity contribution in [1.29, 1.82) is 0 Å². The zero-order valence-corrected chi connectivity index (χ0v) is 33.9. The quantitative estimate of drug-likeness (QED) is 0.115. The smallest absolute Gasteiger partial charge is 0.348 e. The van der Waals surface area contributed by atoms with Crippen molar-refractivity contribution >= 4 is 55.1 Å². The number of ether oxygens (including phenoxy) is 3. The van der Waals surface area contributed by atoms with Crippen molar-refractivity contribution in [1.82, 2.24) is 0 Å². The second-order valence-corrected chi connectivity index (χ2v) is 18.4. The molecule has 0 radical (unpaired) electrons. The summed E-state index contributed by atoms with van der Waals surface area (Å²) in [4.78, 5) is 24.7. The molecule has 278 valence electrons. The Bertz CT molecular complexity index is 1730. The molecule has 0 spiro atoms.